The highest BCUT2D eigenvalue weighted by atomic mass is 16.3. The van der Waals surface area contributed by atoms with Crippen molar-refractivity contribution in [1.82, 2.24) is 24.8 Å². The van der Waals surface area contributed by atoms with E-state index in [1.165, 1.54) is 16.3 Å². The summed E-state index contributed by atoms with van der Waals surface area (Å²) in [4.78, 5) is 30.1. The predicted octanol–water partition coefficient (Wildman–Crippen LogP) is 3.91. The summed E-state index contributed by atoms with van der Waals surface area (Å²) in [6.07, 6.45) is 0.516. The molecule has 6 aromatic rings. The molecule has 7 N–H and O–H groups in total. The fourth-order valence-corrected chi connectivity index (χ4v) is 5.34. The molecule has 1 amide bonds. The number of aliphatic hydroxyl groups is 1. The number of hydrogen-bond acceptors (Lipinski definition) is 5. The van der Waals surface area contributed by atoms with Crippen molar-refractivity contribution < 1.29 is 9.90 Å². The first-order valence-electron chi connectivity index (χ1n) is 13.8. The smallest absolute Gasteiger partial charge is 0.251 e. The number of hydrogen-bond donors (Lipinski definition) is 5. The molecule has 42 heavy (non-hydrogen) atoms. The monoisotopic (exact) mass is 560 g/mol. The van der Waals surface area contributed by atoms with Gasteiger partial charge in [-0.2, -0.15) is 0 Å². The van der Waals surface area contributed by atoms with E-state index in [1.54, 1.807) is 19.1 Å². The summed E-state index contributed by atoms with van der Waals surface area (Å²) >= 11 is 0. The third-order valence-corrected chi connectivity index (χ3v) is 7.19. The third-order valence-electron chi connectivity index (χ3n) is 7.19. The second kappa shape index (κ2) is 11.3. The number of aliphatic hydroxyl groups excluding tert-OH is 1. The molecule has 2 heterocycles. The lowest BCUT2D eigenvalue weighted by atomic mass is 10.0. The quantitative estimate of drug-likeness (QED) is 0.133. The highest BCUT2D eigenvalue weighted by molar-refractivity contribution is 5.97. The van der Waals surface area contributed by atoms with Crippen LogP contribution in [0.5, 0.6) is 0 Å². The van der Waals surface area contributed by atoms with Gasteiger partial charge in [0, 0.05) is 12.1 Å². The molecule has 0 saturated carbocycles. The fraction of sp³-hybridized carbons (Fsp3) is 0.188. The Balaban J connectivity index is 1.23. The molecule has 0 aliphatic carbocycles. The summed E-state index contributed by atoms with van der Waals surface area (Å²) in [5, 5.41) is 15.7. The van der Waals surface area contributed by atoms with Crippen LogP contribution in [0.1, 0.15) is 34.5 Å². The van der Waals surface area contributed by atoms with Crippen LogP contribution >= 0.6 is 0 Å². The lowest BCUT2D eigenvalue weighted by Crippen LogP contribution is -2.25. The second-order valence-corrected chi connectivity index (χ2v) is 10.4. The van der Waals surface area contributed by atoms with E-state index >= 15 is 0 Å². The largest absolute Gasteiger partial charge is 0.392 e. The number of fused-ring (bicyclic) bond motifs is 3. The number of amides is 1. The molecule has 1 unspecified atom stereocenters. The summed E-state index contributed by atoms with van der Waals surface area (Å²) in [5.74, 6) is 1.26. The number of aliphatic imine (C=N–C) groups is 1. The maximum atomic E-state index is 13.1. The minimum absolute atomic E-state index is 0.0150. The Bertz CT molecular complexity index is 1940. The van der Waals surface area contributed by atoms with Gasteiger partial charge < -0.3 is 31.4 Å². The van der Waals surface area contributed by atoms with E-state index in [9.17, 15) is 9.90 Å². The minimum Gasteiger partial charge on any atom is -0.392 e. The van der Waals surface area contributed by atoms with Crippen LogP contribution in [0, 0.1) is 0 Å². The number of carbonyl (C=O) groups is 1. The molecule has 2 aromatic heterocycles. The molecule has 6 rings (SSSR count). The van der Waals surface area contributed by atoms with Crippen LogP contribution in [0.15, 0.2) is 83.9 Å². The SMILES string of the molecule is CC(O)Cn1c(Cc2nc3ccc(N=C(N)N)cc3[nH]2)nc2ccc(C(=O)NCCc3cccc4ccccc34)cc21. The van der Waals surface area contributed by atoms with Gasteiger partial charge in [0.2, 0.25) is 0 Å². The Morgan fingerprint density at radius 2 is 1.83 bits per heavy atom. The summed E-state index contributed by atoms with van der Waals surface area (Å²) in [6, 6.07) is 25.4. The van der Waals surface area contributed by atoms with Crippen molar-refractivity contribution in [2.24, 2.45) is 16.5 Å². The average molecular weight is 561 g/mol. The molecule has 1 atom stereocenters. The number of aromatic nitrogens is 4. The zero-order valence-electron chi connectivity index (χ0n) is 23.2. The zero-order chi connectivity index (χ0) is 29.2. The van der Waals surface area contributed by atoms with Gasteiger partial charge in [-0.25, -0.2) is 15.0 Å². The number of H-pyrrole nitrogens is 1. The van der Waals surface area contributed by atoms with Gasteiger partial charge in [0.15, 0.2) is 5.96 Å². The number of imidazole rings is 2. The molecule has 0 aliphatic heterocycles. The predicted molar refractivity (Wildman–Crippen MR) is 166 cm³/mol. The van der Waals surface area contributed by atoms with Crippen molar-refractivity contribution in [2.75, 3.05) is 6.54 Å². The van der Waals surface area contributed by atoms with Crippen LogP contribution in [0.2, 0.25) is 0 Å². The maximum absolute atomic E-state index is 13.1. The number of carbonyl (C=O) groups excluding carboxylic acids is 1. The molecule has 10 nitrogen and oxygen atoms in total. The first kappa shape index (κ1) is 27.0. The van der Waals surface area contributed by atoms with Crippen LogP contribution in [-0.2, 0) is 19.4 Å². The molecule has 10 heteroatoms. The minimum atomic E-state index is -0.614. The van der Waals surface area contributed by atoms with Crippen molar-refractivity contribution in [1.29, 1.82) is 0 Å². The molecule has 0 aliphatic rings. The van der Waals surface area contributed by atoms with E-state index < -0.39 is 6.10 Å². The molecule has 4 aromatic carbocycles. The molecular formula is C32H32N8O2. The normalized spacial score (nSPS) is 12.1. The van der Waals surface area contributed by atoms with Gasteiger partial charge in [-0.1, -0.05) is 42.5 Å². The van der Waals surface area contributed by atoms with E-state index in [-0.39, 0.29) is 11.9 Å². The first-order valence-corrected chi connectivity index (χ1v) is 13.8. The number of rotatable bonds is 9. The molecule has 0 spiro atoms. The van der Waals surface area contributed by atoms with Gasteiger partial charge >= 0.3 is 0 Å². The molecule has 212 valence electrons. The topological polar surface area (TPSA) is 160 Å². The molecule has 0 bridgehead atoms. The van der Waals surface area contributed by atoms with E-state index in [0.717, 1.165) is 34.3 Å². The lowest BCUT2D eigenvalue weighted by molar-refractivity contribution is 0.0954. The Morgan fingerprint density at radius 3 is 2.67 bits per heavy atom. The number of aromatic amines is 1. The Kier molecular flexibility index (Phi) is 7.28. The number of benzene rings is 4. The average Bonchev–Trinajstić information content (AvgIpc) is 3.52. The summed E-state index contributed by atoms with van der Waals surface area (Å²) < 4.78 is 1.95. The zero-order valence-corrected chi connectivity index (χ0v) is 23.2. The number of guanidine groups is 1. The van der Waals surface area contributed by atoms with Crippen LogP contribution in [0.25, 0.3) is 32.8 Å². The number of nitrogens with one attached hydrogen (secondary N) is 2. The molecule has 0 saturated heterocycles. The van der Waals surface area contributed by atoms with Gasteiger partial charge in [0.25, 0.3) is 5.91 Å². The lowest BCUT2D eigenvalue weighted by Gasteiger charge is -2.11. The van der Waals surface area contributed by atoms with Crippen molar-refractivity contribution in [3.8, 4) is 0 Å². The molecule has 0 radical (unpaired) electrons. The van der Waals surface area contributed by atoms with Crippen molar-refractivity contribution in [3.63, 3.8) is 0 Å². The van der Waals surface area contributed by atoms with E-state index in [0.29, 0.717) is 36.6 Å². The standard InChI is InChI=1S/C32H32N8O2/c1-19(41)18-40-28-15-22(31(42)35-14-13-21-7-4-6-20-5-2-3-8-24(20)21)9-11-26(28)39-30(40)17-29-37-25-12-10-23(36-32(33)34)16-27(25)38-29/h2-12,15-16,19,41H,13-14,17-18H2,1H3,(H,35,42)(H,37,38)(H4,33,34,36). The molecular weight excluding hydrogens is 528 g/mol. The Morgan fingerprint density at radius 1 is 1.02 bits per heavy atom. The second-order valence-electron chi connectivity index (χ2n) is 10.4. The third kappa shape index (κ3) is 5.65. The summed E-state index contributed by atoms with van der Waals surface area (Å²) in [5.41, 5.74) is 16.5. The highest BCUT2D eigenvalue weighted by Crippen LogP contribution is 2.24. The van der Waals surface area contributed by atoms with Gasteiger partial charge in [-0.05, 0) is 66.1 Å². The van der Waals surface area contributed by atoms with E-state index in [2.05, 4.69) is 39.6 Å². The first-order chi connectivity index (χ1) is 20.3. The van der Waals surface area contributed by atoms with Crippen molar-refractivity contribution in [3.05, 3.63) is 102 Å². The van der Waals surface area contributed by atoms with Crippen molar-refractivity contribution in [2.45, 2.75) is 32.4 Å². The van der Waals surface area contributed by atoms with E-state index in [1.807, 2.05) is 47.0 Å². The van der Waals surface area contributed by atoms with Crippen LogP contribution in [0.3, 0.4) is 0 Å². The Hall–Kier alpha value is -5.22. The molecule has 0 fully saturated rings. The Labute approximate surface area is 242 Å². The number of nitrogens with two attached hydrogens (primary N) is 2. The highest BCUT2D eigenvalue weighted by Gasteiger charge is 2.17. The van der Waals surface area contributed by atoms with Gasteiger partial charge in [0.05, 0.1) is 46.8 Å². The van der Waals surface area contributed by atoms with Gasteiger partial charge in [0.1, 0.15) is 11.6 Å². The van der Waals surface area contributed by atoms with Crippen molar-refractivity contribution >= 4 is 50.4 Å². The van der Waals surface area contributed by atoms with Gasteiger partial charge in [-0.3, -0.25) is 4.79 Å². The van der Waals surface area contributed by atoms with E-state index in [4.69, 9.17) is 21.4 Å². The van der Waals surface area contributed by atoms with Crippen LogP contribution < -0.4 is 16.8 Å². The fourth-order valence-electron chi connectivity index (χ4n) is 5.34. The number of nitrogens with zero attached hydrogens (tertiary/aromatic N) is 4. The summed E-state index contributed by atoms with van der Waals surface area (Å²) in [6.45, 7) is 2.57. The maximum Gasteiger partial charge on any atom is 0.251 e. The summed E-state index contributed by atoms with van der Waals surface area (Å²) in [7, 11) is 0. The van der Waals surface area contributed by atoms with Gasteiger partial charge in [-0.15, -0.1) is 0 Å². The van der Waals surface area contributed by atoms with Crippen LogP contribution in [0.4, 0.5) is 5.69 Å². The van der Waals surface area contributed by atoms with Crippen LogP contribution in [-0.4, -0.2) is 49.1 Å².